The first kappa shape index (κ1) is 15.8. The number of rotatable bonds is 6. The molecule has 0 aliphatic carbocycles. The zero-order valence-corrected chi connectivity index (χ0v) is 10.0. The molecule has 1 atom stereocenters. The molecule has 0 radical (unpaired) electrons. The first-order valence-electron chi connectivity index (χ1n) is 3.86. The number of carboxylic acids is 1. The van der Waals surface area contributed by atoms with Crippen LogP contribution in [0.15, 0.2) is 5.34 Å². The molecular formula is C7H15BrN2O4. The van der Waals surface area contributed by atoms with Gasteiger partial charge in [0, 0.05) is 0 Å². The fourth-order valence-electron chi connectivity index (χ4n) is 1.00. The molecule has 0 saturated heterocycles. The van der Waals surface area contributed by atoms with E-state index in [4.69, 9.17) is 5.11 Å². The highest BCUT2D eigenvalue weighted by Gasteiger charge is 2.22. The molecule has 14 heavy (non-hydrogen) atoms. The number of halogens is 1. The van der Waals surface area contributed by atoms with Crippen LogP contribution in [-0.4, -0.2) is 49.4 Å². The van der Waals surface area contributed by atoms with Crippen LogP contribution in [-0.2, 0) is 9.63 Å². The van der Waals surface area contributed by atoms with E-state index in [1.807, 2.05) is 21.1 Å². The van der Waals surface area contributed by atoms with Crippen molar-refractivity contribution in [3.63, 3.8) is 0 Å². The lowest BCUT2D eigenvalue weighted by molar-refractivity contribution is -0.873. The van der Waals surface area contributed by atoms with Crippen LogP contribution in [0.5, 0.6) is 0 Å². The van der Waals surface area contributed by atoms with Gasteiger partial charge in [-0.1, -0.05) is 0 Å². The summed E-state index contributed by atoms with van der Waals surface area (Å²) in [5.74, 6) is -0.998. The number of carbonyl (C=O) groups is 1. The lowest BCUT2D eigenvalue weighted by atomic mass is 10.2. The van der Waals surface area contributed by atoms with E-state index in [9.17, 15) is 9.70 Å². The highest BCUT2D eigenvalue weighted by atomic mass is 79.9. The highest BCUT2D eigenvalue weighted by Crippen LogP contribution is 2.04. The van der Waals surface area contributed by atoms with Gasteiger partial charge < -0.3 is 31.4 Å². The summed E-state index contributed by atoms with van der Waals surface area (Å²) < 4.78 is 0.521. The van der Waals surface area contributed by atoms with Gasteiger partial charge in [0.15, 0.2) is 11.4 Å². The lowest BCUT2D eigenvalue weighted by Gasteiger charge is -2.26. The van der Waals surface area contributed by atoms with E-state index < -0.39 is 12.1 Å². The van der Waals surface area contributed by atoms with E-state index in [1.165, 1.54) is 0 Å². The summed E-state index contributed by atoms with van der Waals surface area (Å²) in [7, 11) is 5.63. The Morgan fingerprint density at radius 3 is 2.29 bits per heavy atom. The van der Waals surface area contributed by atoms with Crippen LogP contribution < -0.4 is 17.0 Å². The largest absolute Gasteiger partial charge is 1.00 e. The van der Waals surface area contributed by atoms with E-state index in [2.05, 4.69) is 10.2 Å². The maximum Gasteiger partial charge on any atom is 0.307 e. The second kappa shape index (κ2) is 6.72. The summed E-state index contributed by atoms with van der Waals surface area (Å²) in [5, 5.41) is 10.7. The Balaban J connectivity index is 0. The summed E-state index contributed by atoms with van der Waals surface area (Å²) in [4.78, 5) is 24.6. The smallest absolute Gasteiger partial charge is 0.307 e. The standard InChI is InChI=1S/C7H14N2O4.BrH/c1-9(2,3)5-6(13-8-12)4-7(10)11;/h6H,4-5H2,1-3H3;1H/t6-;/m1./s1. The number of hydrogen-bond donors (Lipinski definition) is 1. The summed E-state index contributed by atoms with van der Waals surface area (Å²) in [6, 6.07) is 0. The van der Waals surface area contributed by atoms with Gasteiger partial charge in [-0.3, -0.25) is 4.79 Å². The first-order chi connectivity index (χ1) is 5.85. The zero-order valence-electron chi connectivity index (χ0n) is 8.44. The van der Waals surface area contributed by atoms with Crippen molar-refractivity contribution in [2.45, 2.75) is 12.5 Å². The molecule has 0 aromatic carbocycles. The first-order valence-corrected chi connectivity index (χ1v) is 3.86. The Hall–Kier alpha value is -0.690. The van der Waals surface area contributed by atoms with Crippen LogP contribution in [0, 0.1) is 4.91 Å². The van der Waals surface area contributed by atoms with Gasteiger partial charge in [0.25, 0.3) is 0 Å². The SMILES string of the molecule is C[N+](C)(C)C[C@@H](CC(=O)O)ON=O.[Br-]. The predicted molar refractivity (Wildman–Crippen MR) is 45.8 cm³/mol. The van der Waals surface area contributed by atoms with Crippen molar-refractivity contribution >= 4 is 5.97 Å². The monoisotopic (exact) mass is 270 g/mol. The Kier molecular flexibility index (Phi) is 7.57. The van der Waals surface area contributed by atoms with Gasteiger partial charge in [-0.25, -0.2) is 0 Å². The maximum atomic E-state index is 10.3. The quantitative estimate of drug-likeness (QED) is 0.322. The van der Waals surface area contributed by atoms with Gasteiger partial charge in [-0.2, -0.15) is 0 Å². The third-order valence-electron chi connectivity index (χ3n) is 1.35. The molecule has 0 rings (SSSR count). The molecule has 0 aliphatic rings. The Morgan fingerprint density at radius 2 is 2.00 bits per heavy atom. The van der Waals surface area contributed by atoms with Crippen LogP contribution in [0.1, 0.15) is 6.42 Å². The van der Waals surface area contributed by atoms with Crippen LogP contribution in [0.4, 0.5) is 0 Å². The molecule has 1 N–H and O–H groups in total. The van der Waals surface area contributed by atoms with Crippen LogP contribution in [0.2, 0.25) is 0 Å². The molecule has 0 aromatic heterocycles. The van der Waals surface area contributed by atoms with Crippen molar-refractivity contribution in [3.8, 4) is 0 Å². The van der Waals surface area contributed by atoms with E-state index >= 15 is 0 Å². The van der Waals surface area contributed by atoms with E-state index in [-0.39, 0.29) is 23.4 Å². The number of hydrogen-bond acceptors (Lipinski definition) is 4. The molecule has 0 aliphatic heterocycles. The van der Waals surface area contributed by atoms with Crippen molar-refractivity contribution in [1.29, 1.82) is 0 Å². The van der Waals surface area contributed by atoms with Crippen molar-refractivity contribution in [3.05, 3.63) is 4.91 Å². The summed E-state index contributed by atoms with van der Waals surface area (Å²) in [5.41, 5.74) is 0. The number of carboxylic acid groups (broad SMARTS) is 1. The van der Waals surface area contributed by atoms with Crippen molar-refractivity contribution in [2.75, 3.05) is 27.7 Å². The zero-order chi connectivity index (χ0) is 10.5. The number of quaternary nitrogens is 1. The molecule has 0 fully saturated rings. The molecule has 0 amide bonds. The topological polar surface area (TPSA) is 76.0 Å². The molecule has 0 saturated carbocycles. The predicted octanol–water partition coefficient (Wildman–Crippen LogP) is -2.76. The number of aliphatic carboxylic acids is 1. The van der Waals surface area contributed by atoms with E-state index in [1.54, 1.807) is 0 Å². The van der Waals surface area contributed by atoms with Crippen molar-refractivity contribution in [2.24, 2.45) is 5.34 Å². The second-order valence-electron chi connectivity index (χ2n) is 3.87. The molecule has 0 aromatic rings. The fraction of sp³-hybridized carbons (Fsp3) is 0.857. The molecule has 0 spiro atoms. The molecule has 7 heteroatoms. The minimum Gasteiger partial charge on any atom is -1.00 e. The van der Waals surface area contributed by atoms with Crippen molar-refractivity contribution < 1.29 is 36.2 Å². The van der Waals surface area contributed by atoms with Gasteiger partial charge in [-0.05, 0) is 0 Å². The Bertz CT molecular complexity index is 193. The third kappa shape index (κ3) is 9.40. The molecule has 0 heterocycles. The lowest BCUT2D eigenvalue weighted by Crippen LogP contribution is -3.00. The average Bonchev–Trinajstić information content (AvgIpc) is 1.81. The highest BCUT2D eigenvalue weighted by molar-refractivity contribution is 5.67. The summed E-state index contributed by atoms with van der Waals surface area (Å²) in [6.45, 7) is 0.429. The Labute approximate surface area is 93.1 Å². The Morgan fingerprint density at radius 1 is 1.50 bits per heavy atom. The minimum atomic E-state index is -0.998. The normalized spacial score (nSPS) is 12.5. The summed E-state index contributed by atoms with van der Waals surface area (Å²) in [6.07, 6.45) is -0.864. The fourth-order valence-corrected chi connectivity index (χ4v) is 1.00. The van der Waals surface area contributed by atoms with Gasteiger partial charge >= 0.3 is 5.97 Å². The molecule has 0 bridgehead atoms. The molecular weight excluding hydrogens is 256 g/mol. The molecule has 0 unspecified atom stereocenters. The molecule has 6 nitrogen and oxygen atoms in total. The van der Waals surface area contributed by atoms with Crippen molar-refractivity contribution in [1.82, 2.24) is 0 Å². The van der Waals surface area contributed by atoms with E-state index in [0.717, 1.165) is 0 Å². The maximum absolute atomic E-state index is 10.3. The van der Waals surface area contributed by atoms with E-state index in [0.29, 0.717) is 11.0 Å². The average molecular weight is 271 g/mol. The van der Waals surface area contributed by atoms with Crippen LogP contribution in [0.3, 0.4) is 0 Å². The summed E-state index contributed by atoms with van der Waals surface area (Å²) >= 11 is 0. The van der Waals surface area contributed by atoms with Gasteiger partial charge in [0.1, 0.15) is 6.54 Å². The molecule has 84 valence electrons. The van der Waals surface area contributed by atoms with Crippen LogP contribution in [0.25, 0.3) is 0 Å². The van der Waals surface area contributed by atoms with Gasteiger partial charge in [0.2, 0.25) is 0 Å². The van der Waals surface area contributed by atoms with Crippen LogP contribution >= 0.6 is 0 Å². The number of likely N-dealkylation sites (N-methyl/N-ethyl adjacent to an activating group) is 1. The van der Waals surface area contributed by atoms with Gasteiger partial charge in [-0.15, -0.1) is 4.91 Å². The van der Waals surface area contributed by atoms with Gasteiger partial charge in [0.05, 0.1) is 27.6 Å². The number of nitrogens with zero attached hydrogens (tertiary/aromatic N) is 2. The third-order valence-corrected chi connectivity index (χ3v) is 1.35. The minimum absolute atomic E-state index is 0. The second-order valence-corrected chi connectivity index (χ2v) is 3.87.